The molecule has 0 aliphatic rings. The molecule has 0 atom stereocenters. The first-order valence-electron chi connectivity index (χ1n) is 5.04. The number of hydrogen-bond donors (Lipinski definition) is 1. The van der Waals surface area contributed by atoms with Crippen molar-refractivity contribution in [1.29, 1.82) is 0 Å². The standard InChI is InChI=1S/C9H2F10N2O2/c10-6(11,8(15,16)9(17,18)19)5-20-1-2(4(22)23)3(21-5)7(12,13)14/h1H,(H,22,23). The Labute approximate surface area is 118 Å². The molecule has 1 rings (SSSR count). The number of carboxylic acid groups (broad SMARTS) is 1. The predicted molar refractivity (Wildman–Crippen MR) is 48.9 cm³/mol. The van der Waals surface area contributed by atoms with E-state index in [0.717, 1.165) is 0 Å². The van der Waals surface area contributed by atoms with E-state index in [1.54, 1.807) is 0 Å². The van der Waals surface area contributed by atoms with Crippen LogP contribution in [0.4, 0.5) is 43.9 Å². The largest absolute Gasteiger partial charge is 0.478 e. The van der Waals surface area contributed by atoms with Gasteiger partial charge in [0, 0.05) is 6.20 Å². The van der Waals surface area contributed by atoms with E-state index < -0.39 is 53.4 Å². The van der Waals surface area contributed by atoms with Gasteiger partial charge in [0.15, 0.2) is 5.69 Å². The molecule has 0 saturated carbocycles. The molecule has 1 N–H and O–H groups in total. The third-order valence-corrected chi connectivity index (χ3v) is 2.32. The van der Waals surface area contributed by atoms with Gasteiger partial charge in [-0.05, 0) is 0 Å². The lowest BCUT2D eigenvalue weighted by Gasteiger charge is -2.27. The topological polar surface area (TPSA) is 63.1 Å². The Morgan fingerprint density at radius 2 is 1.43 bits per heavy atom. The number of aromatic nitrogens is 2. The minimum atomic E-state index is -6.82. The van der Waals surface area contributed by atoms with Gasteiger partial charge in [0.25, 0.3) is 0 Å². The summed E-state index contributed by atoms with van der Waals surface area (Å²) in [4.78, 5) is 14.6. The fraction of sp³-hybridized carbons (Fsp3) is 0.444. The van der Waals surface area contributed by atoms with Crippen LogP contribution >= 0.6 is 0 Å². The molecule has 0 fully saturated rings. The summed E-state index contributed by atoms with van der Waals surface area (Å²) in [6.07, 6.45) is -13.0. The van der Waals surface area contributed by atoms with Gasteiger partial charge in [-0.3, -0.25) is 0 Å². The van der Waals surface area contributed by atoms with E-state index in [4.69, 9.17) is 5.11 Å². The molecule has 1 aromatic heterocycles. The van der Waals surface area contributed by atoms with E-state index in [9.17, 15) is 48.7 Å². The number of aromatic carboxylic acids is 1. The molecule has 1 heterocycles. The van der Waals surface area contributed by atoms with Crippen molar-refractivity contribution >= 4 is 5.97 Å². The summed E-state index contributed by atoms with van der Waals surface area (Å²) < 4.78 is 125. The Morgan fingerprint density at radius 3 is 1.78 bits per heavy atom. The molecule has 0 radical (unpaired) electrons. The Morgan fingerprint density at radius 1 is 0.957 bits per heavy atom. The molecule has 0 spiro atoms. The number of carboxylic acids is 1. The van der Waals surface area contributed by atoms with Crippen molar-refractivity contribution < 1.29 is 53.8 Å². The maximum absolute atomic E-state index is 13.2. The monoisotopic (exact) mass is 360 g/mol. The number of halogens is 10. The maximum atomic E-state index is 13.2. The quantitative estimate of drug-likeness (QED) is 0.839. The molecule has 0 aliphatic carbocycles. The first kappa shape index (κ1) is 18.9. The van der Waals surface area contributed by atoms with Crippen LogP contribution in [-0.4, -0.2) is 33.1 Å². The molecule has 0 unspecified atom stereocenters. The number of carbonyl (C=O) groups is 1. The lowest BCUT2D eigenvalue weighted by atomic mass is 10.1. The van der Waals surface area contributed by atoms with Crippen molar-refractivity contribution in [3.8, 4) is 0 Å². The van der Waals surface area contributed by atoms with Crippen molar-refractivity contribution in [3.05, 3.63) is 23.3 Å². The van der Waals surface area contributed by atoms with Gasteiger partial charge in [-0.15, -0.1) is 0 Å². The molecule has 130 valence electrons. The van der Waals surface area contributed by atoms with Crippen molar-refractivity contribution in [2.45, 2.75) is 24.2 Å². The van der Waals surface area contributed by atoms with E-state index in [-0.39, 0.29) is 0 Å². The molecule has 14 heteroatoms. The highest BCUT2D eigenvalue weighted by atomic mass is 19.4. The summed E-state index contributed by atoms with van der Waals surface area (Å²) in [6.45, 7) is 0. The van der Waals surface area contributed by atoms with E-state index >= 15 is 0 Å². The molecule has 1 aromatic rings. The van der Waals surface area contributed by atoms with Crippen LogP contribution in [0, 0.1) is 0 Å². The Hall–Kier alpha value is -2.15. The van der Waals surface area contributed by atoms with Crippen LogP contribution in [0.25, 0.3) is 0 Å². The second-order valence-electron chi connectivity index (χ2n) is 3.91. The Bertz CT molecular complexity index is 622. The van der Waals surface area contributed by atoms with Gasteiger partial charge in [0.2, 0.25) is 5.82 Å². The van der Waals surface area contributed by atoms with Crippen LogP contribution in [0.3, 0.4) is 0 Å². The fourth-order valence-electron chi connectivity index (χ4n) is 1.22. The van der Waals surface area contributed by atoms with Gasteiger partial charge in [-0.25, -0.2) is 14.8 Å². The average Bonchev–Trinajstić information content (AvgIpc) is 2.35. The summed E-state index contributed by atoms with van der Waals surface area (Å²) in [5.74, 6) is -18.2. The minimum absolute atomic E-state index is 0.437. The van der Waals surface area contributed by atoms with E-state index in [1.807, 2.05) is 4.98 Å². The van der Waals surface area contributed by atoms with E-state index in [2.05, 4.69) is 4.98 Å². The number of rotatable bonds is 3. The normalized spacial score (nSPS) is 14.0. The summed E-state index contributed by atoms with van der Waals surface area (Å²) in [5, 5.41) is 8.42. The lowest BCUT2D eigenvalue weighted by molar-refractivity contribution is -0.361. The molecule has 4 nitrogen and oxygen atoms in total. The molecular formula is C9H2F10N2O2. The molecule has 0 saturated heterocycles. The highest BCUT2D eigenvalue weighted by molar-refractivity contribution is 5.88. The Balaban J connectivity index is 3.60. The number of nitrogens with zero attached hydrogens (tertiary/aromatic N) is 2. The van der Waals surface area contributed by atoms with Crippen molar-refractivity contribution in [1.82, 2.24) is 9.97 Å². The zero-order valence-corrected chi connectivity index (χ0v) is 10.1. The molecule has 0 bridgehead atoms. The third-order valence-electron chi connectivity index (χ3n) is 2.32. The first-order valence-corrected chi connectivity index (χ1v) is 5.04. The van der Waals surface area contributed by atoms with Crippen LogP contribution in [0.5, 0.6) is 0 Å². The number of hydrogen-bond acceptors (Lipinski definition) is 3. The van der Waals surface area contributed by atoms with Crippen LogP contribution in [0.1, 0.15) is 21.9 Å². The van der Waals surface area contributed by atoms with Gasteiger partial charge >= 0.3 is 30.2 Å². The van der Waals surface area contributed by atoms with Gasteiger partial charge in [-0.2, -0.15) is 43.9 Å². The summed E-state index contributed by atoms with van der Waals surface area (Å²) in [7, 11) is 0. The highest BCUT2D eigenvalue weighted by Crippen LogP contribution is 2.51. The fourth-order valence-corrected chi connectivity index (χ4v) is 1.22. The van der Waals surface area contributed by atoms with Crippen LogP contribution in [0.15, 0.2) is 6.20 Å². The molecular weight excluding hydrogens is 358 g/mol. The average molecular weight is 360 g/mol. The molecule has 23 heavy (non-hydrogen) atoms. The summed E-state index contributed by atoms with van der Waals surface area (Å²) in [5.41, 5.74) is -4.39. The first-order chi connectivity index (χ1) is 10.0. The zero-order valence-electron chi connectivity index (χ0n) is 10.1. The van der Waals surface area contributed by atoms with Crippen LogP contribution in [-0.2, 0) is 12.1 Å². The maximum Gasteiger partial charge on any atom is 0.460 e. The van der Waals surface area contributed by atoms with Gasteiger partial charge in [0.1, 0.15) is 5.56 Å². The summed E-state index contributed by atoms with van der Waals surface area (Å²) >= 11 is 0. The number of alkyl halides is 10. The highest BCUT2D eigenvalue weighted by Gasteiger charge is 2.75. The van der Waals surface area contributed by atoms with Crippen LogP contribution in [0.2, 0.25) is 0 Å². The molecule has 0 amide bonds. The van der Waals surface area contributed by atoms with Crippen molar-refractivity contribution in [2.24, 2.45) is 0 Å². The minimum Gasteiger partial charge on any atom is -0.478 e. The summed E-state index contributed by atoms with van der Waals surface area (Å²) in [6, 6.07) is 0. The Kier molecular flexibility index (Phi) is 4.27. The second-order valence-corrected chi connectivity index (χ2v) is 3.91. The van der Waals surface area contributed by atoms with Gasteiger partial charge < -0.3 is 5.11 Å². The van der Waals surface area contributed by atoms with Crippen molar-refractivity contribution in [3.63, 3.8) is 0 Å². The smallest absolute Gasteiger partial charge is 0.460 e. The zero-order chi connectivity index (χ0) is 18.4. The predicted octanol–water partition coefficient (Wildman–Crippen LogP) is 3.48. The molecule has 0 aromatic carbocycles. The second kappa shape index (κ2) is 5.19. The third kappa shape index (κ3) is 3.14. The van der Waals surface area contributed by atoms with E-state index in [0.29, 0.717) is 0 Å². The molecule has 0 aliphatic heterocycles. The SMILES string of the molecule is O=C(O)c1cnc(C(F)(F)C(F)(F)C(F)(F)F)nc1C(F)(F)F. The van der Waals surface area contributed by atoms with E-state index in [1.165, 1.54) is 0 Å². The van der Waals surface area contributed by atoms with Gasteiger partial charge in [0.05, 0.1) is 0 Å². The van der Waals surface area contributed by atoms with Gasteiger partial charge in [-0.1, -0.05) is 0 Å². The van der Waals surface area contributed by atoms with Crippen molar-refractivity contribution in [2.75, 3.05) is 0 Å². The lowest BCUT2D eigenvalue weighted by Crippen LogP contribution is -2.51. The van der Waals surface area contributed by atoms with Crippen LogP contribution < -0.4 is 0 Å².